The van der Waals surface area contributed by atoms with E-state index in [0.29, 0.717) is 0 Å². The number of hydrogen-bond donors (Lipinski definition) is 2. The summed E-state index contributed by atoms with van der Waals surface area (Å²) in [5.74, 6) is 5.67. The van der Waals surface area contributed by atoms with Crippen molar-refractivity contribution in [1.82, 2.24) is 5.43 Å². The van der Waals surface area contributed by atoms with Crippen LogP contribution in [0.2, 0.25) is 0 Å². The summed E-state index contributed by atoms with van der Waals surface area (Å²) in [7, 11) is 0. The first kappa shape index (κ1) is 13.3. The van der Waals surface area contributed by atoms with Crippen LogP contribution in [-0.2, 0) is 6.42 Å². The van der Waals surface area contributed by atoms with Crippen molar-refractivity contribution < 1.29 is 0 Å². The standard InChI is InChI=1S/C15H17BrN2/c1-11-5-7-12(8-6-11)9-15(18-17)13-3-2-4-14(16)10-13/h2-8,10,15,18H,9,17H2,1H3. The average Bonchev–Trinajstić information content (AvgIpc) is 2.38. The van der Waals surface area contributed by atoms with Gasteiger partial charge in [0.15, 0.2) is 0 Å². The fraction of sp³-hybridized carbons (Fsp3) is 0.200. The molecule has 0 aromatic heterocycles. The van der Waals surface area contributed by atoms with Gasteiger partial charge in [-0.2, -0.15) is 0 Å². The molecule has 1 atom stereocenters. The molecule has 0 radical (unpaired) electrons. The summed E-state index contributed by atoms with van der Waals surface area (Å²) < 4.78 is 1.07. The van der Waals surface area contributed by atoms with Crippen LogP contribution in [0, 0.1) is 6.92 Å². The van der Waals surface area contributed by atoms with E-state index in [1.54, 1.807) is 0 Å². The maximum Gasteiger partial charge on any atom is 0.0500 e. The maximum atomic E-state index is 5.67. The lowest BCUT2D eigenvalue weighted by Crippen LogP contribution is -2.29. The molecule has 3 N–H and O–H groups in total. The van der Waals surface area contributed by atoms with Crippen molar-refractivity contribution in [2.75, 3.05) is 0 Å². The Morgan fingerprint density at radius 2 is 1.89 bits per heavy atom. The quantitative estimate of drug-likeness (QED) is 0.670. The van der Waals surface area contributed by atoms with E-state index >= 15 is 0 Å². The highest BCUT2D eigenvalue weighted by atomic mass is 79.9. The number of hydrogen-bond acceptors (Lipinski definition) is 2. The van der Waals surface area contributed by atoms with Crippen LogP contribution in [-0.4, -0.2) is 0 Å². The zero-order chi connectivity index (χ0) is 13.0. The van der Waals surface area contributed by atoms with Gasteiger partial charge in [0.2, 0.25) is 0 Å². The Kier molecular flexibility index (Phi) is 4.53. The molecule has 0 aliphatic rings. The molecule has 0 amide bonds. The van der Waals surface area contributed by atoms with Gasteiger partial charge in [0, 0.05) is 4.47 Å². The van der Waals surface area contributed by atoms with Gasteiger partial charge in [-0.15, -0.1) is 0 Å². The number of nitrogens with one attached hydrogen (secondary N) is 1. The molecule has 1 unspecified atom stereocenters. The molecule has 2 nitrogen and oxygen atoms in total. The number of benzene rings is 2. The minimum Gasteiger partial charge on any atom is -0.271 e. The fourth-order valence-electron chi connectivity index (χ4n) is 1.96. The van der Waals surface area contributed by atoms with Crippen LogP contribution in [0.25, 0.3) is 0 Å². The predicted octanol–water partition coefficient (Wildman–Crippen LogP) is 3.50. The van der Waals surface area contributed by atoms with Crippen LogP contribution in [0.15, 0.2) is 53.0 Å². The third-order valence-electron chi connectivity index (χ3n) is 3.01. The molecule has 0 fully saturated rings. The molecular weight excluding hydrogens is 288 g/mol. The lowest BCUT2D eigenvalue weighted by atomic mass is 9.99. The number of rotatable bonds is 4. The van der Waals surface area contributed by atoms with Gasteiger partial charge < -0.3 is 0 Å². The molecule has 2 rings (SSSR count). The lowest BCUT2D eigenvalue weighted by molar-refractivity contribution is 0.551. The van der Waals surface area contributed by atoms with Crippen molar-refractivity contribution in [2.24, 2.45) is 5.84 Å². The lowest BCUT2D eigenvalue weighted by Gasteiger charge is -2.17. The molecule has 0 spiro atoms. The molecule has 2 aromatic rings. The van der Waals surface area contributed by atoms with E-state index in [2.05, 4.69) is 64.7 Å². The molecule has 0 heterocycles. The van der Waals surface area contributed by atoms with Gasteiger partial charge >= 0.3 is 0 Å². The third-order valence-corrected chi connectivity index (χ3v) is 3.51. The fourth-order valence-corrected chi connectivity index (χ4v) is 2.37. The van der Waals surface area contributed by atoms with Crippen LogP contribution in [0.3, 0.4) is 0 Å². The molecule has 0 aliphatic carbocycles. The minimum absolute atomic E-state index is 0.130. The molecule has 18 heavy (non-hydrogen) atoms. The van der Waals surface area contributed by atoms with E-state index < -0.39 is 0 Å². The number of hydrazine groups is 1. The normalized spacial score (nSPS) is 12.4. The predicted molar refractivity (Wildman–Crippen MR) is 79.1 cm³/mol. The highest BCUT2D eigenvalue weighted by Gasteiger charge is 2.10. The van der Waals surface area contributed by atoms with E-state index in [0.717, 1.165) is 10.9 Å². The zero-order valence-electron chi connectivity index (χ0n) is 10.4. The van der Waals surface area contributed by atoms with Gasteiger partial charge in [-0.25, -0.2) is 0 Å². The first-order valence-corrected chi connectivity index (χ1v) is 6.75. The van der Waals surface area contributed by atoms with Crippen molar-refractivity contribution in [1.29, 1.82) is 0 Å². The number of aryl methyl sites for hydroxylation is 1. The van der Waals surface area contributed by atoms with Gasteiger partial charge in [0.05, 0.1) is 6.04 Å². The molecule has 94 valence electrons. The van der Waals surface area contributed by atoms with E-state index in [1.165, 1.54) is 16.7 Å². The molecule has 0 saturated carbocycles. The topological polar surface area (TPSA) is 38.0 Å². The Labute approximate surface area is 116 Å². The van der Waals surface area contributed by atoms with Crippen LogP contribution >= 0.6 is 15.9 Å². The highest BCUT2D eigenvalue weighted by molar-refractivity contribution is 9.10. The van der Waals surface area contributed by atoms with Crippen molar-refractivity contribution in [3.8, 4) is 0 Å². The van der Waals surface area contributed by atoms with Crippen LogP contribution in [0.5, 0.6) is 0 Å². The highest BCUT2D eigenvalue weighted by Crippen LogP contribution is 2.21. The Morgan fingerprint density at radius 3 is 2.50 bits per heavy atom. The van der Waals surface area contributed by atoms with E-state index in [1.807, 2.05) is 12.1 Å². The Balaban J connectivity index is 2.17. The van der Waals surface area contributed by atoms with Crippen molar-refractivity contribution in [2.45, 2.75) is 19.4 Å². The van der Waals surface area contributed by atoms with Crippen LogP contribution < -0.4 is 11.3 Å². The molecule has 2 aromatic carbocycles. The maximum absolute atomic E-state index is 5.67. The first-order chi connectivity index (χ1) is 8.69. The van der Waals surface area contributed by atoms with Gasteiger partial charge in [0.1, 0.15) is 0 Å². The minimum atomic E-state index is 0.130. The van der Waals surface area contributed by atoms with E-state index in [4.69, 9.17) is 5.84 Å². The van der Waals surface area contributed by atoms with Gasteiger partial charge in [0.25, 0.3) is 0 Å². The number of nitrogens with two attached hydrogens (primary N) is 1. The summed E-state index contributed by atoms with van der Waals surface area (Å²) >= 11 is 3.49. The summed E-state index contributed by atoms with van der Waals surface area (Å²) in [4.78, 5) is 0. The molecule has 0 bridgehead atoms. The average molecular weight is 305 g/mol. The van der Waals surface area contributed by atoms with Crippen molar-refractivity contribution in [3.05, 3.63) is 69.7 Å². The van der Waals surface area contributed by atoms with Gasteiger partial charge in [-0.05, 0) is 36.6 Å². The molecule has 0 saturated heterocycles. The SMILES string of the molecule is Cc1ccc(CC(NN)c2cccc(Br)c2)cc1. The van der Waals surface area contributed by atoms with Crippen LogP contribution in [0.1, 0.15) is 22.7 Å². The van der Waals surface area contributed by atoms with Crippen LogP contribution in [0.4, 0.5) is 0 Å². The van der Waals surface area contributed by atoms with Crippen molar-refractivity contribution in [3.63, 3.8) is 0 Å². The van der Waals surface area contributed by atoms with E-state index in [-0.39, 0.29) is 6.04 Å². The van der Waals surface area contributed by atoms with Gasteiger partial charge in [-0.1, -0.05) is 57.9 Å². The Bertz CT molecular complexity index is 508. The summed E-state index contributed by atoms with van der Waals surface area (Å²) in [5, 5.41) is 0. The largest absolute Gasteiger partial charge is 0.271 e. The summed E-state index contributed by atoms with van der Waals surface area (Å²) in [5.41, 5.74) is 6.63. The number of halogens is 1. The molecular formula is C15H17BrN2. The van der Waals surface area contributed by atoms with E-state index in [9.17, 15) is 0 Å². The summed E-state index contributed by atoms with van der Waals surface area (Å²) in [6.07, 6.45) is 0.882. The Hall–Kier alpha value is -1.16. The van der Waals surface area contributed by atoms with Crippen molar-refractivity contribution >= 4 is 15.9 Å². The second kappa shape index (κ2) is 6.14. The summed E-state index contributed by atoms with van der Waals surface area (Å²) in [6.45, 7) is 2.09. The second-order valence-electron chi connectivity index (χ2n) is 4.46. The first-order valence-electron chi connectivity index (χ1n) is 5.96. The second-order valence-corrected chi connectivity index (χ2v) is 5.38. The third kappa shape index (κ3) is 3.42. The summed E-state index contributed by atoms with van der Waals surface area (Å²) in [6, 6.07) is 16.9. The monoisotopic (exact) mass is 304 g/mol. The Morgan fingerprint density at radius 1 is 1.17 bits per heavy atom. The van der Waals surface area contributed by atoms with Gasteiger partial charge in [-0.3, -0.25) is 11.3 Å². The zero-order valence-corrected chi connectivity index (χ0v) is 11.9. The molecule has 0 aliphatic heterocycles. The smallest absolute Gasteiger partial charge is 0.0500 e. The molecule has 3 heteroatoms.